The third-order valence-electron chi connectivity index (χ3n) is 3.09. The number of hydrogen-bond acceptors (Lipinski definition) is 4. The highest BCUT2D eigenvalue weighted by molar-refractivity contribution is 6.35. The highest BCUT2D eigenvalue weighted by atomic mass is 35.5. The Morgan fingerprint density at radius 2 is 1.90 bits per heavy atom. The molecule has 0 spiro atoms. The SMILES string of the molecule is CCNc1cccc(Nc2ccc(Cl)c3cccnc23)n1. The summed E-state index contributed by atoms with van der Waals surface area (Å²) in [7, 11) is 0. The molecule has 0 amide bonds. The maximum absolute atomic E-state index is 6.21. The van der Waals surface area contributed by atoms with Crippen LogP contribution in [0.4, 0.5) is 17.3 Å². The summed E-state index contributed by atoms with van der Waals surface area (Å²) in [5.74, 6) is 1.61. The van der Waals surface area contributed by atoms with Crippen LogP contribution in [0.15, 0.2) is 48.7 Å². The van der Waals surface area contributed by atoms with Crippen LogP contribution in [0.3, 0.4) is 0 Å². The summed E-state index contributed by atoms with van der Waals surface area (Å²) in [6.07, 6.45) is 1.76. The van der Waals surface area contributed by atoms with Crippen molar-refractivity contribution in [1.29, 1.82) is 0 Å². The van der Waals surface area contributed by atoms with Crippen LogP contribution < -0.4 is 10.6 Å². The van der Waals surface area contributed by atoms with E-state index in [9.17, 15) is 0 Å². The predicted octanol–water partition coefficient (Wildman–Crippen LogP) is 4.46. The fourth-order valence-electron chi connectivity index (χ4n) is 2.16. The lowest BCUT2D eigenvalue weighted by molar-refractivity contribution is 1.16. The molecule has 1 aromatic carbocycles. The molecule has 3 aromatic rings. The summed E-state index contributed by atoms with van der Waals surface area (Å²) in [5, 5.41) is 8.11. The summed E-state index contributed by atoms with van der Waals surface area (Å²) in [6.45, 7) is 2.88. The molecule has 0 unspecified atom stereocenters. The molecule has 0 aliphatic rings. The lowest BCUT2D eigenvalue weighted by atomic mass is 10.2. The van der Waals surface area contributed by atoms with E-state index in [1.165, 1.54) is 0 Å². The molecule has 3 rings (SSSR count). The van der Waals surface area contributed by atoms with Gasteiger partial charge in [0, 0.05) is 18.1 Å². The van der Waals surface area contributed by atoms with Crippen molar-refractivity contribution >= 4 is 39.8 Å². The van der Waals surface area contributed by atoms with Crippen LogP contribution in [0.25, 0.3) is 10.9 Å². The monoisotopic (exact) mass is 298 g/mol. The topological polar surface area (TPSA) is 49.8 Å². The van der Waals surface area contributed by atoms with Crippen molar-refractivity contribution < 1.29 is 0 Å². The number of rotatable bonds is 4. The van der Waals surface area contributed by atoms with E-state index in [1.54, 1.807) is 6.20 Å². The molecular formula is C16H15ClN4. The Bertz CT molecular complexity index is 773. The molecule has 0 atom stereocenters. The van der Waals surface area contributed by atoms with Gasteiger partial charge in [-0.25, -0.2) is 4.98 Å². The third kappa shape index (κ3) is 2.90. The summed E-state index contributed by atoms with van der Waals surface area (Å²) < 4.78 is 0. The Balaban J connectivity index is 1.98. The minimum atomic E-state index is 0.693. The molecule has 0 saturated heterocycles. The van der Waals surface area contributed by atoms with Gasteiger partial charge in [0.25, 0.3) is 0 Å². The second-order valence-electron chi connectivity index (χ2n) is 4.56. The van der Waals surface area contributed by atoms with Gasteiger partial charge < -0.3 is 10.6 Å². The molecule has 106 valence electrons. The Labute approximate surface area is 128 Å². The van der Waals surface area contributed by atoms with Crippen molar-refractivity contribution in [2.45, 2.75) is 6.92 Å². The smallest absolute Gasteiger partial charge is 0.132 e. The average molecular weight is 299 g/mol. The van der Waals surface area contributed by atoms with Crippen molar-refractivity contribution in [3.8, 4) is 0 Å². The first-order valence-corrected chi connectivity index (χ1v) is 7.17. The van der Waals surface area contributed by atoms with Gasteiger partial charge in [0.05, 0.1) is 16.2 Å². The largest absolute Gasteiger partial charge is 0.370 e. The van der Waals surface area contributed by atoms with Crippen LogP contribution >= 0.6 is 11.6 Å². The second-order valence-corrected chi connectivity index (χ2v) is 4.97. The van der Waals surface area contributed by atoms with Crippen LogP contribution in [-0.2, 0) is 0 Å². The molecule has 2 heterocycles. The molecule has 0 bridgehead atoms. The van der Waals surface area contributed by atoms with E-state index in [1.807, 2.05) is 49.4 Å². The number of benzene rings is 1. The number of halogens is 1. The first-order chi connectivity index (χ1) is 10.3. The number of fused-ring (bicyclic) bond motifs is 1. The molecule has 4 nitrogen and oxygen atoms in total. The third-order valence-corrected chi connectivity index (χ3v) is 3.42. The Kier molecular flexibility index (Phi) is 3.88. The molecule has 0 fully saturated rings. The number of nitrogens with one attached hydrogen (secondary N) is 2. The van der Waals surface area contributed by atoms with Gasteiger partial charge in [0.1, 0.15) is 11.6 Å². The number of hydrogen-bond donors (Lipinski definition) is 2. The quantitative estimate of drug-likeness (QED) is 0.746. The average Bonchev–Trinajstić information content (AvgIpc) is 2.51. The lowest BCUT2D eigenvalue weighted by Gasteiger charge is -2.10. The number of aromatic nitrogens is 2. The maximum atomic E-state index is 6.21. The van der Waals surface area contributed by atoms with E-state index >= 15 is 0 Å². The molecule has 2 N–H and O–H groups in total. The summed E-state index contributed by atoms with van der Waals surface area (Å²) >= 11 is 6.21. The zero-order valence-electron chi connectivity index (χ0n) is 11.6. The molecular weight excluding hydrogens is 284 g/mol. The van der Waals surface area contributed by atoms with Crippen molar-refractivity contribution in [2.75, 3.05) is 17.2 Å². The standard InChI is InChI=1S/C16H15ClN4/c1-2-18-14-6-3-7-15(21-14)20-13-9-8-12(17)11-5-4-10-19-16(11)13/h3-10H,2H2,1H3,(H2,18,20,21). The Morgan fingerprint density at radius 1 is 1.05 bits per heavy atom. The Hall–Kier alpha value is -2.33. The van der Waals surface area contributed by atoms with E-state index in [2.05, 4.69) is 20.6 Å². The van der Waals surface area contributed by atoms with Gasteiger partial charge in [-0.1, -0.05) is 17.7 Å². The number of anilines is 3. The van der Waals surface area contributed by atoms with E-state index in [4.69, 9.17) is 11.6 Å². The van der Waals surface area contributed by atoms with Crippen molar-refractivity contribution in [3.05, 3.63) is 53.7 Å². The van der Waals surface area contributed by atoms with Gasteiger partial charge >= 0.3 is 0 Å². The first-order valence-electron chi connectivity index (χ1n) is 6.79. The lowest BCUT2D eigenvalue weighted by Crippen LogP contribution is -2.01. The minimum absolute atomic E-state index is 0.693. The maximum Gasteiger partial charge on any atom is 0.132 e. The molecule has 2 aromatic heterocycles. The van der Waals surface area contributed by atoms with Gasteiger partial charge in [-0.2, -0.15) is 0 Å². The van der Waals surface area contributed by atoms with E-state index < -0.39 is 0 Å². The highest BCUT2D eigenvalue weighted by Crippen LogP contribution is 2.29. The van der Waals surface area contributed by atoms with Gasteiger partial charge in [0.15, 0.2) is 0 Å². The summed E-state index contributed by atoms with van der Waals surface area (Å²) in [5.41, 5.74) is 1.72. The summed E-state index contributed by atoms with van der Waals surface area (Å²) in [6, 6.07) is 13.4. The molecule has 5 heteroatoms. The van der Waals surface area contributed by atoms with Gasteiger partial charge in [0.2, 0.25) is 0 Å². The van der Waals surface area contributed by atoms with Gasteiger partial charge in [-0.15, -0.1) is 0 Å². The molecule has 0 aliphatic heterocycles. The fraction of sp³-hybridized carbons (Fsp3) is 0.125. The van der Waals surface area contributed by atoms with Crippen molar-refractivity contribution in [1.82, 2.24) is 9.97 Å². The first kappa shape index (κ1) is 13.6. The van der Waals surface area contributed by atoms with Crippen LogP contribution in [0.2, 0.25) is 5.02 Å². The van der Waals surface area contributed by atoms with Gasteiger partial charge in [-0.3, -0.25) is 4.98 Å². The van der Waals surface area contributed by atoms with Crippen molar-refractivity contribution in [3.63, 3.8) is 0 Å². The highest BCUT2D eigenvalue weighted by Gasteiger charge is 2.06. The normalized spacial score (nSPS) is 10.6. The molecule has 0 saturated carbocycles. The van der Waals surface area contributed by atoms with E-state index in [0.29, 0.717) is 5.02 Å². The van der Waals surface area contributed by atoms with E-state index in [-0.39, 0.29) is 0 Å². The molecule has 0 radical (unpaired) electrons. The second kappa shape index (κ2) is 5.97. The van der Waals surface area contributed by atoms with Crippen LogP contribution in [0.5, 0.6) is 0 Å². The summed E-state index contributed by atoms with van der Waals surface area (Å²) in [4.78, 5) is 8.91. The van der Waals surface area contributed by atoms with Crippen LogP contribution in [0.1, 0.15) is 6.92 Å². The number of pyridine rings is 2. The van der Waals surface area contributed by atoms with E-state index in [0.717, 1.165) is 34.8 Å². The predicted molar refractivity (Wildman–Crippen MR) is 88.4 cm³/mol. The van der Waals surface area contributed by atoms with Crippen LogP contribution in [0, 0.1) is 0 Å². The number of nitrogens with zero attached hydrogens (tertiary/aromatic N) is 2. The molecule has 21 heavy (non-hydrogen) atoms. The van der Waals surface area contributed by atoms with Gasteiger partial charge in [-0.05, 0) is 43.3 Å². The minimum Gasteiger partial charge on any atom is -0.370 e. The molecule has 0 aliphatic carbocycles. The zero-order chi connectivity index (χ0) is 14.7. The van der Waals surface area contributed by atoms with Crippen molar-refractivity contribution in [2.24, 2.45) is 0 Å². The fourth-order valence-corrected chi connectivity index (χ4v) is 2.38. The zero-order valence-corrected chi connectivity index (χ0v) is 12.4. The Morgan fingerprint density at radius 3 is 2.76 bits per heavy atom. The van der Waals surface area contributed by atoms with Crippen LogP contribution in [-0.4, -0.2) is 16.5 Å².